The number of allylic oxidation sites excluding steroid dienone is 2. The second-order valence-electron chi connectivity index (χ2n) is 15.5. The number of hydrogen-bond acceptors (Lipinski definition) is 4. The molecule has 0 amide bonds. The van der Waals surface area contributed by atoms with Gasteiger partial charge in [0.25, 0.3) is 0 Å². The number of rotatable bonds is 2. The van der Waals surface area contributed by atoms with Gasteiger partial charge in [-0.15, -0.1) is 0 Å². The Balaban J connectivity index is 1.58. The van der Waals surface area contributed by atoms with Gasteiger partial charge in [-0.2, -0.15) is 0 Å². The van der Waals surface area contributed by atoms with Crippen molar-refractivity contribution in [2.75, 3.05) is 0 Å². The summed E-state index contributed by atoms with van der Waals surface area (Å²) in [6.07, 6.45) is 10.0. The third kappa shape index (κ3) is 3.43. The fourth-order valence-electron chi connectivity index (χ4n) is 10.8. The fraction of sp³-hybridized carbons (Fsp3) is 0.844. The van der Waals surface area contributed by atoms with E-state index in [1.54, 1.807) is 0 Å². The number of hydrogen-bond donors (Lipinski definition) is 1. The minimum atomic E-state index is -0.729. The molecule has 4 fully saturated rings. The first-order valence-electron chi connectivity index (χ1n) is 14.6. The van der Waals surface area contributed by atoms with Crippen LogP contribution >= 0.6 is 0 Å². The largest absolute Gasteiger partial charge is 0.481 e. The molecule has 37 heavy (non-hydrogen) atoms. The highest BCUT2D eigenvalue weighted by molar-refractivity contribution is 5.95. The maximum absolute atomic E-state index is 14.4. The Bertz CT molecular complexity index is 1070. The van der Waals surface area contributed by atoms with Gasteiger partial charge in [0.05, 0.1) is 5.41 Å². The zero-order chi connectivity index (χ0) is 27.4. The van der Waals surface area contributed by atoms with Crippen molar-refractivity contribution in [3.63, 3.8) is 0 Å². The minimum absolute atomic E-state index is 0.0644. The summed E-state index contributed by atoms with van der Waals surface area (Å²) in [4.78, 5) is 38.5. The molecule has 5 heteroatoms. The Kier molecular flexibility index (Phi) is 5.78. The summed E-state index contributed by atoms with van der Waals surface area (Å²) in [5, 5.41) is 10.1. The summed E-state index contributed by atoms with van der Waals surface area (Å²) in [5.74, 6) is -0.280. The van der Waals surface area contributed by atoms with Crippen molar-refractivity contribution >= 4 is 17.7 Å². The molecule has 9 atom stereocenters. The number of ether oxygens (including phenoxy) is 1. The first-order chi connectivity index (χ1) is 16.9. The highest BCUT2D eigenvalue weighted by Gasteiger charge is 2.70. The van der Waals surface area contributed by atoms with E-state index in [9.17, 15) is 19.5 Å². The van der Waals surface area contributed by atoms with E-state index in [1.807, 2.05) is 13.0 Å². The van der Waals surface area contributed by atoms with E-state index in [0.29, 0.717) is 18.8 Å². The van der Waals surface area contributed by atoms with E-state index >= 15 is 0 Å². The van der Waals surface area contributed by atoms with Crippen molar-refractivity contribution < 1.29 is 24.2 Å². The highest BCUT2D eigenvalue weighted by atomic mass is 16.5. The molecule has 0 spiro atoms. The van der Waals surface area contributed by atoms with E-state index < -0.39 is 11.4 Å². The lowest BCUT2D eigenvalue weighted by molar-refractivity contribution is -0.210. The molecule has 4 saturated carbocycles. The number of carboxylic acids is 1. The van der Waals surface area contributed by atoms with Gasteiger partial charge in [-0.1, -0.05) is 47.1 Å². The second kappa shape index (κ2) is 7.94. The molecular weight excluding hydrogens is 464 g/mol. The van der Waals surface area contributed by atoms with Crippen LogP contribution in [0, 0.1) is 50.2 Å². The quantitative estimate of drug-likeness (QED) is 0.404. The molecule has 0 unspecified atom stereocenters. The van der Waals surface area contributed by atoms with Crippen molar-refractivity contribution in [3.8, 4) is 0 Å². The molecule has 0 heterocycles. The first kappa shape index (κ1) is 26.9. The lowest BCUT2D eigenvalue weighted by Crippen LogP contribution is -2.66. The summed E-state index contributed by atoms with van der Waals surface area (Å²) < 4.78 is 5.82. The van der Waals surface area contributed by atoms with Crippen molar-refractivity contribution in [1.29, 1.82) is 0 Å². The fourth-order valence-corrected chi connectivity index (χ4v) is 10.8. The average Bonchev–Trinajstić information content (AvgIpc) is 2.78. The molecule has 5 rings (SSSR count). The Morgan fingerprint density at radius 3 is 2.19 bits per heavy atom. The highest BCUT2D eigenvalue weighted by Crippen LogP contribution is 2.75. The molecule has 0 saturated heterocycles. The number of aliphatic carboxylic acids is 1. The van der Waals surface area contributed by atoms with Crippen LogP contribution in [0.1, 0.15) is 113 Å². The van der Waals surface area contributed by atoms with Crippen LogP contribution < -0.4 is 0 Å². The number of fused-ring (bicyclic) bond motifs is 7. The Morgan fingerprint density at radius 2 is 1.57 bits per heavy atom. The van der Waals surface area contributed by atoms with Gasteiger partial charge in [0.15, 0.2) is 5.78 Å². The predicted octanol–water partition coefficient (Wildman–Crippen LogP) is 6.98. The molecule has 5 aliphatic rings. The maximum Gasteiger partial charge on any atom is 0.309 e. The number of carbonyl (C=O) groups is 3. The number of carbonyl (C=O) groups excluding carboxylic acids is 2. The zero-order valence-corrected chi connectivity index (χ0v) is 24.3. The molecule has 5 nitrogen and oxygen atoms in total. The van der Waals surface area contributed by atoms with Crippen molar-refractivity contribution in [1.82, 2.24) is 0 Å². The van der Waals surface area contributed by atoms with E-state index in [1.165, 1.54) is 12.5 Å². The van der Waals surface area contributed by atoms with Gasteiger partial charge < -0.3 is 9.84 Å². The number of ketones is 1. The SMILES string of the molecule is CC(=O)O[C@@H]1CC[C@]2(C)[C@H](CC[C@]3(C)[C@H]2C(=O)C=C2[C@@H]4C[C@@](C)(C(=O)O)CC[C@]4(C)CC[C@]23C)C1(C)C. The molecule has 0 aliphatic heterocycles. The molecule has 1 N–H and O–H groups in total. The third-order valence-corrected chi connectivity index (χ3v) is 13.3. The van der Waals surface area contributed by atoms with Crippen LogP contribution in [0.15, 0.2) is 11.6 Å². The van der Waals surface area contributed by atoms with Gasteiger partial charge in [0, 0.05) is 18.3 Å². The molecule has 0 aromatic carbocycles. The predicted molar refractivity (Wildman–Crippen MR) is 143 cm³/mol. The van der Waals surface area contributed by atoms with Crippen LogP contribution in [0.25, 0.3) is 0 Å². The van der Waals surface area contributed by atoms with E-state index in [0.717, 1.165) is 44.9 Å². The molecule has 206 valence electrons. The van der Waals surface area contributed by atoms with Crippen LogP contribution in [-0.2, 0) is 19.1 Å². The summed E-state index contributed by atoms with van der Waals surface area (Å²) in [6.45, 7) is 17.4. The average molecular weight is 513 g/mol. The summed E-state index contributed by atoms with van der Waals surface area (Å²) in [7, 11) is 0. The maximum atomic E-state index is 14.4. The first-order valence-corrected chi connectivity index (χ1v) is 14.6. The summed E-state index contributed by atoms with van der Waals surface area (Å²) in [5.41, 5.74) is -0.0327. The van der Waals surface area contributed by atoms with Gasteiger partial charge in [0.2, 0.25) is 0 Å². The monoisotopic (exact) mass is 512 g/mol. The Labute approximate surface area is 223 Å². The molecule has 0 bridgehead atoms. The van der Waals surface area contributed by atoms with Crippen molar-refractivity contribution in [2.24, 2.45) is 50.2 Å². The lowest BCUT2D eigenvalue weighted by atomic mass is 9.33. The number of esters is 1. The van der Waals surface area contributed by atoms with E-state index in [4.69, 9.17) is 4.74 Å². The van der Waals surface area contributed by atoms with Crippen LogP contribution in [0.3, 0.4) is 0 Å². The minimum Gasteiger partial charge on any atom is -0.481 e. The van der Waals surface area contributed by atoms with Crippen molar-refractivity contribution in [3.05, 3.63) is 11.6 Å². The second-order valence-corrected chi connectivity index (χ2v) is 15.5. The Hall–Kier alpha value is -1.65. The van der Waals surface area contributed by atoms with Gasteiger partial charge in [-0.3, -0.25) is 14.4 Å². The molecule has 0 aromatic heterocycles. The van der Waals surface area contributed by atoms with Gasteiger partial charge in [0.1, 0.15) is 6.10 Å². The smallest absolute Gasteiger partial charge is 0.309 e. The van der Waals surface area contributed by atoms with Gasteiger partial charge in [-0.25, -0.2) is 0 Å². The molecular formula is C32H48O5. The molecule has 0 aromatic rings. The van der Waals surface area contributed by atoms with E-state index in [2.05, 4.69) is 41.5 Å². The van der Waals surface area contributed by atoms with Crippen LogP contribution in [0.5, 0.6) is 0 Å². The van der Waals surface area contributed by atoms with Crippen LogP contribution in [-0.4, -0.2) is 28.9 Å². The molecule has 0 radical (unpaired) electrons. The standard InChI is InChI=1S/C32H48O5/c1-19(33)37-24-10-11-30(6)23(27(24,2)3)9-12-32(8)25(30)22(34)17-20-21-18-29(5,26(35)36)14-13-28(21,4)15-16-31(20,32)7/h17,21,23-25H,9-16,18H2,1-8H3,(H,35,36)/t21-,23+,24+,25-,28+,29-,30+,31+,32+/m0/s1. The Morgan fingerprint density at radius 1 is 0.919 bits per heavy atom. The summed E-state index contributed by atoms with van der Waals surface area (Å²) >= 11 is 0. The van der Waals surface area contributed by atoms with Gasteiger partial charge in [-0.05, 0) is 104 Å². The lowest BCUT2D eigenvalue weighted by Gasteiger charge is -2.70. The molecule has 5 aliphatic carbocycles. The van der Waals surface area contributed by atoms with Gasteiger partial charge >= 0.3 is 11.9 Å². The zero-order valence-electron chi connectivity index (χ0n) is 24.3. The third-order valence-electron chi connectivity index (χ3n) is 13.3. The summed E-state index contributed by atoms with van der Waals surface area (Å²) in [6, 6.07) is 0. The normalized spacial score (nSPS) is 50.5. The van der Waals surface area contributed by atoms with Crippen LogP contribution in [0.4, 0.5) is 0 Å². The number of carboxylic acid groups (broad SMARTS) is 1. The van der Waals surface area contributed by atoms with E-state index in [-0.39, 0.29) is 56.8 Å². The van der Waals surface area contributed by atoms with Crippen molar-refractivity contribution in [2.45, 2.75) is 119 Å². The topological polar surface area (TPSA) is 80.7 Å². The van der Waals surface area contributed by atoms with Crippen LogP contribution in [0.2, 0.25) is 0 Å².